The molecular weight excluding hydrogens is 236 g/mol. The Balaban J connectivity index is 0.000000741. The molecule has 1 amide bonds. The largest absolute Gasteiger partial charge is 0.342 e. The average Bonchev–Trinajstić information content (AvgIpc) is 2.52. The molecule has 0 unspecified atom stereocenters. The molecule has 2 rings (SSSR count). The molecule has 2 aliphatic heterocycles. The Morgan fingerprint density at radius 2 is 1.32 bits per heavy atom. The number of likely N-dealkylation sites (tertiary alicyclic amines) is 2. The Kier molecular flexibility index (Phi) is 10.9. The lowest BCUT2D eigenvalue weighted by Crippen LogP contribution is -2.43. The molecule has 0 bridgehead atoms. The minimum absolute atomic E-state index is 0.319. The maximum absolute atomic E-state index is 12.2. The van der Waals surface area contributed by atoms with Crippen molar-refractivity contribution in [2.75, 3.05) is 33.2 Å². The van der Waals surface area contributed by atoms with Crippen molar-refractivity contribution < 1.29 is 4.79 Å². The second-order valence-corrected chi connectivity index (χ2v) is 4.96. The first kappa shape index (κ1) is 18.4. The lowest BCUT2D eigenvalue weighted by Gasteiger charge is -2.34. The molecular formula is C16H34N2O. The Morgan fingerprint density at radius 3 is 1.79 bits per heavy atom. The highest BCUT2D eigenvalue weighted by Gasteiger charge is 2.27. The molecule has 0 radical (unpaired) electrons. The van der Waals surface area contributed by atoms with E-state index in [1.54, 1.807) is 0 Å². The highest BCUT2D eigenvalue weighted by molar-refractivity contribution is 5.79. The highest BCUT2D eigenvalue weighted by Crippen LogP contribution is 2.20. The van der Waals surface area contributed by atoms with Gasteiger partial charge in [0.2, 0.25) is 5.91 Å². The third kappa shape index (κ3) is 6.42. The van der Waals surface area contributed by atoms with Gasteiger partial charge in [-0.1, -0.05) is 27.7 Å². The average molecular weight is 270 g/mol. The number of carbonyl (C=O) groups is 1. The molecule has 19 heavy (non-hydrogen) atoms. The van der Waals surface area contributed by atoms with Gasteiger partial charge in [-0.25, -0.2) is 0 Å². The van der Waals surface area contributed by atoms with Gasteiger partial charge in [-0.15, -0.1) is 0 Å². The van der Waals surface area contributed by atoms with Crippen LogP contribution < -0.4 is 0 Å². The van der Waals surface area contributed by atoms with E-state index in [2.05, 4.69) is 16.8 Å². The molecule has 0 aliphatic carbocycles. The molecule has 114 valence electrons. The maximum Gasteiger partial charge on any atom is 0.225 e. The first-order valence-electron chi connectivity index (χ1n) is 8.25. The molecule has 0 aromatic heterocycles. The van der Waals surface area contributed by atoms with Gasteiger partial charge in [0, 0.05) is 19.0 Å². The molecule has 2 heterocycles. The minimum atomic E-state index is 0.319. The fourth-order valence-corrected chi connectivity index (χ4v) is 2.63. The number of rotatable bonds is 1. The molecule has 0 N–H and O–H groups in total. The van der Waals surface area contributed by atoms with Crippen LogP contribution in [0.25, 0.3) is 0 Å². The quantitative estimate of drug-likeness (QED) is 0.729. The van der Waals surface area contributed by atoms with E-state index in [0.29, 0.717) is 11.8 Å². The van der Waals surface area contributed by atoms with Crippen molar-refractivity contribution in [2.45, 2.75) is 59.8 Å². The van der Waals surface area contributed by atoms with Crippen LogP contribution in [0.1, 0.15) is 59.8 Å². The number of amides is 1. The number of hydrogen-bond acceptors (Lipinski definition) is 2. The molecule has 3 heteroatoms. The van der Waals surface area contributed by atoms with Crippen LogP contribution in [0, 0.1) is 5.92 Å². The van der Waals surface area contributed by atoms with E-state index >= 15 is 0 Å². The fraction of sp³-hybridized carbons (Fsp3) is 0.938. The van der Waals surface area contributed by atoms with E-state index in [4.69, 9.17) is 0 Å². The van der Waals surface area contributed by atoms with Crippen molar-refractivity contribution in [1.29, 1.82) is 0 Å². The Labute approximate surface area is 120 Å². The third-order valence-electron chi connectivity index (χ3n) is 3.74. The second-order valence-electron chi connectivity index (χ2n) is 4.96. The molecule has 0 aromatic carbocycles. The van der Waals surface area contributed by atoms with Crippen molar-refractivity contribution in [1.82, 2.24) is 9.80 Å². The van der Waals surface area contributed by atoms with Crippen molar-refractivity contribution >= 4 is 5.91 Å². The van der Waals surface area contributed by atoms with E-state index in [1.165, 1.54) is 19.3 Å². The summed E-state index contributed by atoms with van der Waals surface area (Å²) >= 11 is 0. The van der Waals surface area contributed by atoms with Crippen molar-refractivity contribution in [3.8, 4) is 0 Å². The van der Waals surface area contributed by atoms with Crippen LogP contribution in [0.5, 0.6) is 0 Å². The van der Waals surface area contributed by atoms with E-state index in [-0.39, 0.29) is 0 Å². The van der Waals surface area contributed by atoms with Crippen LogP contribution in [0.4, 0.5) is 0 Å². The minimum Gasteiger partial charge on any atom is -0.342 e. The maximum atomic E-state index is 12.2. The molecule has 3 nitrogen and oxygen atoms in total. The molecule has 0 atom stereocenters. The predicted molar refractivity (Wildman–Crippen MR) is 83.3 cm³/mol. The van der Waals surface area contributed by atoms with Crippen LogP contribution in [0.3, 0.4) is 0 Å². The summed E-state index contributed by atoms with van der Waals surface area (Å²) in [5, 5.41) is 0. The van der Waals surface area contributed by atoms with Gasteiger partial charge in [-0.05, 0) is 52.2 Å². The number of nitrogens with zero attached hydrogens (tertiary/aromatic N) is 2. The topological polar surface area (TPSA) is 23.6 Å². The molecule has 2 saturated heterocycles. The zero-order valence-electron chi connectivity index (χ0n) is 13.7. The molecule has 0 aromatic rings. The highest BCUT2D eigenvalue weighted by atomic mass is 16.2. The smallest absolute Gasteiger partial charge is 0.225 e. The monoisotopic (exact) mass is 270 g/mol. The Bertz CT molecular complexity index is 217. The van der Waals surface area contributed by atoms with Gasteiger partial charge in [-0.3, -0.25) is 4.79 Å². The standard InChI is InChI=1S/C12H22N2O.2C2H6/c1-13-9-5-11(6-10-13)12(15)14-7-3-2-4-8-14;2*1-2/h11H,2-10H2,1H3;2*1-2H3. The lowest BCUT2D eigenvalue weighted by atomic mass is 9.95. The molecule has 0 spiro atoms. The van der Waals surface area contributed by atoms with Gasteiger partial charge in [0.05, 0.1) is 0 Å². The van der Waals surface area contributed by atoms with Crippen molar-refractivity contribution in [3.63, 3.8) is 0 Å². The summed E-state index contributed by atoms with van der Waals surface area (Å²) in [5.74, 6) is 0.752. The van der Waals surface area contributed by atoms with E-state index < -0.39 is 0 Å². The van der Waals surface area contributed by atoms with Crippen LogP contribution in [-0.4, -0.2) is 48.9 Å². The van der Waals surface area contributed by atoms with Gasteiger partial charge in [-0.2, -0.15) is 0 Å². The number of piperidine rings is 2. The lowest BCUT2D eigenvalue weighted by molar-refractivity contribution is -0.137. The molecule has 2 fully saturated rings. The third-order valence-corrected chi connectivity index (χ3v) is 3.74. The first-order chi connectivity index (χ1) is 9.27. The normalized spacial score (nSPS) is 20.8. The van der Waals surface area contributed by atoms with Crippen LogP contribution >= 0.6 is 0 Å². The number of carbonyl (C=O) groups excluding carboxylic acids is 1. The first-order valence-corrected chi connectivity index (χ1v) is 8.25. The molecule has 0 saturated carbocycles. The van der Waals surface area contributed by atoms with E-state index in [1.807, 2.05) is 27.7 Å². The zero-order valence-corrected chi connectivity index (χ0v) is 13.7. The Hall–Kier alpha value is -0.570. The predicted octanol–water partition coefficient (Wildman–Crippen LogP) is 3.39. The summed E-state index contributed by atoms with van der Waals surface area (Å²) in [4.78, 5) is 16.6. The zero-order chi connectivity index (χ0) is 14.7. The Morgan fingerprint density at radius 1 is 0.842 bits per heavy atom. The summed E-state index contributed by atoms with van der Waals surface area (Å²) in [5.41, 5.74) is 0. The summed E-state index contributed by atoms with van der Waals surface area (Å²) in [6.07, 6.45) is 5.84. The summed E-state index contributed by atoms with van der Waals surface area (Å²) in [7, 11) is 2.14. The fourth-order valence-electron chi connectivity index (χ4n) is 2.63. The molecule has 2 aliphatic rings. The van der Waals surface area contributed by atoms with Gasteiger partial charge in [0.25, 0.3) is 0 Å². The summed E-state index contributed by atoms with van der Waals surface area (Å²) in [6, 6.07) is 0. The summed E-state index contributed by atoms with van der Waals surface area (Å²) < 4.78 is 0. The van der Waals surface area contributed by atoms with Crippen molar-refractivity contribution in [3.05, 3.63) is 0 Å². The second kappa shape index (κ2) is 11.3. The van der Waals surface area contributed by atoms with E-state index in [9.17, 15) is 4.79 Å². The van der Waals surface area contributed by atoms with E-state index in [0.717, 1.165) is 39.0 Å². The SMILES string of the molecule is CC.CC.CN1CCC(C(=O)N2CCCCC2)CC1. The van der Waals surface area contributed by atoms with Gasteiger partial charge < -0.3 is 9.80 Å². The van der Waals surface area contributed by atoms with Crippen LogP contribution in [-0.2, 0) is 4.79 Å². The van der Waals surface area contributed by atoms with Crippen LogP contribution in [0.2, 0.25) is 0 Å². The van der Waals surface area contributed by atoms with Crippen LogP contribution in [0.15, 0.2) is 0 Å². The van der Waals surface area contributed by atoms with Gasteiger partial charge >= 0.3 is 0 Å². The van der Waals surface area contributed by atoms with Crippen molar-refractivity contribution in [2.24, 2.45) is 5.92 Å². The summed E-state index contributed by atoms with van der Waals surface area (Å²) in [6.45, 7) is 12.2. The number of hydrogen-bond donors (Lipinski definition) is 0. The van der Waals surface area contributed by atoms with Gasteiger partial charge in [0.1, 0.15) is 0 Å². The van der Waals surface area contributed by atoms with Gasteiger partial charge in [0.15, 0.2) is 0 Å².